The number of rotatable bonds is 3. The minimum absolute atomic E-state index is 0.202. The van der Waals surface area contributed by atoms with E-state index < -0.39 is 0 Å². The van der Waals surface area contributed by atoms with Gasteiger partial charge in [-0.05, 0) is 39.0 Å². The Balaban J connectivity index is 1.80. The lowest BCUT2D eigenvalue weighted by Gasteiger charge is -2.30. The molecule has 1 atom stereocenters. The van der Waals surface area contributed by atoms with Crippen molar-refractivity contribution in [3.8, 4) is 0 Å². The van der Waals surface area contributed by atoms with E-state index in [1.807, 2.05) is 69.4 Å². The summed E-state index contributed by atoms with van der Waals surface area (Å²) in [5.74, 6) is 0.406. The highest BCUT2D eigenvalue weighted by Gasteiger charge is 2.36. The molecule has 0 radical (unpaired) electrons. The smallest absolute Gasteiger partial charge is 0.338 e. The van der Waals surface area contributed by atoms with Gasteiger partial charge in [0.25, 0.3) is 0 Å². The SMILES string of the molecule is CC1=C(C(=O)OC(C)C)C(c2c[nH]c3ccccc23)n2c(nc3ccccc32)N1. The van der Waals surface area contributed by atoms with Gasteiger partial charge in [-0.1, -0.05) is 30.3 Å². The highest BCUT2D eigenvalue weighted by Crippen LogP contribution is 2.41. The number of benzene rings is 2. The number of esters is 1. The molecule has 3 heterocycles. The maximum Gasteiger partial charge on any atom is 0.338 e. The van der Waals surface area contributed by atoms with Crippen molar-refractivity contribution in [3.63, 3.8) is 0 Å². The summed E-state index contributed by atoms with van der Waals surface area (Å²) in [5, 5.41) is 4.39. The molecule has 4 aromatic rings. The van der Waals surface area contributed by atoms with Gasteiger partial charge in [-0.3, -0.25) is 4.57 Å². The zero-order valence-electron chi connectivity index (χ0n) is 16.6. The fraction of sp³-hybridized carbons (Fsp3) is 0.217. The predicted molar refractivity (Wildman–Crippen MR) is 114 cm³/mol. The molecular formula is C23H22N4O2. The number of nitrogens with one attached hydrogen (secondary N) is 2. The summed E-state index contributed by atoms with van der Waals surface area (Å²) in [4.78, 5) is 21.3. The molecule has 1 aliphatic heterocycles. The molecule has 0 aliphatic carbocycles. The zero-order valence-corrected chi connectivity index (χ0v) is 16.6. The Morgan fingerprint density at radius 3 is 2.72 bits per heavy atom. The molecule has 0 fully saturated rings. The number of anilines is 1. The molecule has 0 amide bonds. The lowest BCUT2D eigenvalue weighted by atomic mass is 9.94. The number of para-hydroxylation sites is 3. The summed E-state index contributed by atoms with van der Waals surface area (Å²) in [6, 6.07) is 15.7. The van der Waals surface area contributed by atoms with Gasteiger partial charge >= 0.3 is 5.97 Å². The minimum Gasteiger partial charge on any atom is -0.459 e. The summed E-state index contributed by atoms with van der Waals surface area (Å²) < 4.78 is 7.72. The van der Waals surface area contributed by atoms with E-state index in [1.165, 1.54) is 0 Å². The topological polar surface area (TPSA) is 71.9 Å². The molecule has 2 aromatic carbocycles. The molecule has 5 rings (SSSR count). The number of carbonyl (C=O) groups is 1. The number of ether oxygens (including phenoxy) is 1. The van der Waals surface area contributed by atoms with Crippen molar-refractivity contribution in [2.75, 3.05) is 5.32 Å². The van der Waals surface area contributed by atoms with Crippen LogP contribution in [0.25, 0.3) is 21.9 Å². The Morgan fingerprint density at radius 2 is 1.90 bits per heavy atom. The number of imidazole rings is 1. The van der Waals surface area contributed by atoms with Gasteiger partial charge in [-0.25, -0.2) is 9.78 Å². The van der Waals surface area contributed by atoms with Crippen LogP contribution in [-0.4, -0.2) is 26.6 Å². The predicted octanol–water partition coefficient (Wildman–Crippen LogP) is 4.76. The largest absolute Gasteiger partial charge is 0.459 e. The number of H-pyrrole nitrogens is 1. The standard InChI is InChI=1S/C23H22N4O2/c1-13(2)29-22(28)20-14(3)25-23-26-18-10-6-7-11-19(18)27(23)21(20)16-12-24-17-9-5-4-8-15(16)17/h4-13,21,24H,1-3H3,(H,25,26). The highest BCUT2D eigenvalue weighted by molar-refractivity contribution is 5.96. The molecule has 2 N–H and O–H groups in total. The third-order valence-electron chi connectivity index (χ3n) is 5.31. The van der Waals surface area contributed by atoms with Crippen LogP contribution in [0.15, 0.2) is 66.0 Å². The van der Waals surface area contributed by atoms with Crippen LogP contribution in [0.3, 0.4) is 0 Å². The van der Waals surface area contributed by atoms with Gasteiger partial charge in [-0.2, -0.15) is 0 Å². The van der Waals surface area contributed by atoms with Crippen LogP contribution >= 0.6 is 0 Å². The van der Waals surface area contributed by atoms with Crippen molar-refractivity contribution in [2.45, 2.75) is 32.9 Å². The molecule has 146 valence electrons. The second kappa shape index (κ2) is 6.51. The number of aromatic nitrogens is 3. The second-order valence-corrected chi connectivity index (χ2v) is 7.60. The first-order valence-corrected chi connectivity index (χ1v) is 9.76. The molecule has 6 heteroatoms. The molecule has 6 nitrogen and oxygen atoms in total. The van der Waals surface area contributed by atoms with E-state index >= 15 is 0 Å². The number of hydrogen-bond acceptors (Lipinski definition) is 4. The van der Waals surface area contributed by atoms with Crippen molar-refractivity contribution in [2.24, 2.45) is 0 Å². The van der Waals surface area contributed by atoms with Gasteiger partial charge in [0.15, 0.2) is 0 Å². The molecular weight excluding hydrogens is 364 g/mol. The van der Waals surface area contributed by atoms with Gasteiger partial charge in [0.2, 0.25) is 5.95 Å². The van der Waals surface area contributed by atoms with Gasteiger partial charge in [0.1, 0.15) is 0 Å². The molecule has 0 saturated carbocycles. The number of nitrogens with zero attached hydrogens (tertiary/aromatic N) is 2. The van der Waals surface area contributed by atoms with Crippen LogP contribution in [0, 0.1) is 0 Å². The van der Waals surface area contributed by atoms with Crippen molar-refractivity contribution in [3.05, 3.63) is 71.6 Å². The van der Waals surface area contributed by atoms with E-state index in [-0.39, 0.29) is 18.1 Å². The maximum atomic E-state index is 13.2. The van der Waals surface area contributed by atoms with Crippen molar-refractivity contribution in [1.82, 2.24) is 14.5 Å². The Bertz CT molecular complexity index is 1280. The van der Waals surface area contributed by atoms with E-state index in [9.17, 15) is 4.79 Å². The minimum atomic E-state index is -0.346. The molecule has 0 bridgehead atoms. The average Bonchev–Trinajstić information content (AvgIpc) is 3.27. The van der Waals surface area contributed by atoms with E-state index in [0.29, 0.717) is 5.57 Å². The van der Waals surface area contributed by atoms with Crippen molar-refractivity contribution >= 4 is 33.9 Å². The second-order valence-electron chi connectivity index (χ2n) is 7.60. The average molecular weight is 386 g/mol. The monoisotopic (exact) mass is 386 g/mol. The van der Waals surface area contributed by atoms with E-state index in [1.54, 1.807) is 0 Å². The zero-order chi connectivity index (χ0) is 20.1. The molecule has 0 saturated heterocycles. The van der Waals surface area contributed by atoms with E-state index in [4.69, 9.17) is 9.72 Å². The Labute approximate surface area is 168 Å². The quantitative estimate of drug-likeness (QED) is 0.498. The van der Waals surface area contributed by atoms with Crippen LogP contribution < -0.4 is 5.32 Å². The van der Waals surface area contributed by atoms with Crippen LogP contribution in [0.1, 0.15) is 32.4 Å². The lowest BCUT2D eigenvalue weighted by Crippen LogP contribution is -2.29. The number of hydrogen-bond donors (Lipinski definition) is 2. The molecule has 2 aromatic heterocycles. The van der Waals surface area contributed by atoms with Gasteiger partial charge in [0.05, 0.1) is 28.8 Å². The number of allylic oxidation sites excluding steroid dienone is 1. The third-order valence-corrected chi connectivity index (χ3v) is 5.31. The summed E-state index contributed by atoms with van der Waals surface area (Å²) in [7, 11) is 0. The van der Waals surface area contributed by atoms with Crippen molar-refractivity contribution < 1.29 is 9.53 Å². The van der Waals surface area contributed by atoms with Crippen molar-refractivity contribution in [1.29, 1.82) is 0 Å². The van der Waals surface area contributed by atoms with Crippen LogP contribution in [-0.2, 0) is 9.53 Å². The summed E-state index contributed by atoms with van der Waals surface area (Å²) in [5.41, 5.74) is 5.24. The molecule has 1 unspecified atom stereocenters. The van der Waals surface area contributed by atoms with Gasteiger partial charge in [-0.15, -0.1) is 0 Å². The lowest BCUT2D eigenvalue weighted by molar-refractivity contribution is -0.143. The summed E-state index contributed by atoms with van der Waals surface area (Å²) >= 11 is 0. The van der Waals surface area contributed by atoms with E-state index in [0.717, 1.165) is 39.1 Å². The fourth-order valence-corrected chi connectivity index (χ4v) is 4.12. The summed E-state index contributed by atoms with van der Waals surface area (Å²) in [6.45, 7) is 5.63. The van der Waals surface area contributed by atoms with E-state index in [2.05, 4.69) is 20.9 Å². The first kappa shape index (κ1) is 17.6. The highest BCUT2D eigenvalue weighted by atomic mass is 16.5. The fourth-order valence-electron chi connectivity index (χ4n) is 4.12. The Hall–Kier alpha value is -3.54. The Kier molecular flexibility index (Phi) is 3.94. The first-order valence-electron chi connectivity index (χ1n) is 9.76. The third kappa shape index (κ3) is 2.71. The van der Waals surface area contributed by atoms with Crippen LogP contribution in [0.4, 0.5) is 5.95 Å². The summed E-state index contributed by atoms with van der Waals surface area (Å²) in [6.07, 6.45) is 1.78. The normalized spacial score (nSPS) is 16.3. The molecule has 29 heavy (non-hydrogen) atoms. The number of aromatic amines is 1. The van der Waals surface area contributed by atoms with Crippen LogP contribution in [0.2, 0.25) is 0 Å². The molecule has 1 aliphatic rings. The number of carbonyl (C=O) groups excluding carboxylic acids is 1. The van der Waals surface area contributed by atoms with Gasteiger partial charge in [0, 0.05) is 28.4 Å². The Morgan fingerprint density at radius 1 is 1.14 bits per heavy atom. The van der Waals surface area contributed by atoms with Gasteiger partial charge < -0.3 is 15.0 Å². The number of fused-ring (bicyclic) bond motifs is 4. The molecule has 0 spiro atoms. The maximum absolute atomic E-state index is 13.2. The first-order chi connectivity index (χ1) is 14.0. The van der Waals surface area contributed by atoms with Crippen LogP contribution in [0.5, 0.6) is 0 Å².